The summed E-state index contributed by atoms with van der Waals surface area (Å²) in [7, 11) is 0. The minimum absolute atomic E-state index is 0.0473. The Hall–Kier alpha value is -1.98. The van der Waals surface area contributed by atoms with E-state index < -0.39 is 0 Å². The number of halogens is 2. The van der Waals surface area contributed by atoms with Crippen LogP contribution in [0.25, 0.3) is 10.9 Å². The molecule has 1 aliphatic heterocycles. The van der Waals surface area contributed by atoms with Gasteiger partial charge in [-0.15, -0.1) is 0 Å². The summed E-state index contributed by atoms with van der Waals surface area (Å²) in [6, 6.07) is 15.7. The number of nitrogens with zero attached hydrogens (tertiary/aromatic N) is 2. The van der Waals surface area contributed by atoms with Gasteiger partial charge in [-0.1, -0.05) is 45.7 Å². The highest BCUT2D eigenvalue weighted by Gasteiger charge is 2.24. The molecule has 1 aromatic heterocycles. The smallest absolute Gasteiger partial charge is 0.270 e. The van der Waals surface area contributed by atoms with Gasteiger partial charge in [-0.05, 0) is 30.3 Å². The lowest BCUT2D eigenvalue weighted by Crippen LogP contribution is -2.49. The molecule has 0 aliphatic carbocycles. The van der Waals surface area contributed by atoms with Crippen molar-refractivity contribution in [1.29, 1.82) is 0 Å². The Balaban J connectivity index is 1.48. The molecule has 0 saturated carbocycles. The molecule has 0 atom stereocenters. The second kappa shape index (κ2) is 6.73. The summed E-state index contributed by atoms with van der Waals surface area (Å²) < 4.78 is 0.995. The second-order valence-corrected chi connectivity index (χ2v) is 7.47. The number of carbonyl (C=O) groups excluding carboxylic acids is 1. The van der Waals surface area contributed by atoms with E-state index in [2.05, 4.69) is 25.8 Å². The molecular weight excluding hydrogens is 402 g/mol. The van der Waals surface area contributed by atoms with Gasteiger partial charge in [-0.25, -0.2) is 0 Å². The first-order valence-electron chi connectivity index (χ1n) is 8.19. The van der Waals surface area contributed by atoms with Gasteiger partial charge >= 0.3 is 0 Å². The lowest BCUT2D eigenvalue weighted by Gasteiger charge is -2.36. The van der Waals surface area contributed by atoms with Gasteiger partial charge in [0.15, 0.2) is 0 Å². The Bertz CT molecular complexity index is 931. The van der Waals surface area contributed by atoms with Gasteiger partial charge in [-0.2, -0.15) is 0 Å². The Morgan fingerprint density at radius 1 is 1.04 bits per heavy atom. The molecule has 2 aromatic carbocycles. The summed E-state index contributed by atoms with van der Waals surface area (Å²) >= 11 is 9.74. The number of H-pyrrole nitrogens is 1. The average Bonchev–Trinajstić information content (AvgIpc) is 3.05. The lowest BCUT2D eigenvalue weighted by atomic mass is 10.2. The van der Waals surface area contributed by atoms with Crippen LogP contribution in [0, 0.1) is 0 Å². The minimum Gasteiger partial charge on any atom is -0.367 e. The average molecular weight is 419 g/mol. The fourth-order valence-electron chi connectivity index (χ4n) is 3.24. The molecule has 0 bridgehead atoms. The molecular formula is C19H17BrClN3O. The van der Waals surface area contributed by atoms with Crippen molar-refractivity contribution in [2.45, 2.75) is 0 Å². The number of hydrogen-bond donors (Lipinski definition) is 1. The molecule has 128 valence electrons. The Morgan fingerprint density at radius 3 is 2.56 bits per heavy atom. The summed E-state index contributed by atoms with van der Waals surface area (Å²) in [4.78, 5) is 20.2. The van der Waals surface area contributed by atoms with E-state index in [1.807, 2.05) is 53.4 Å². The van der Waals surface area contributed by atoms with E-state index in [-0.39, 0.29) is 5.91 Å². The molecule has 1 aliphatic rings. The number of aromatic nitrogens is 1. The van der Waals surface area contributed by atoms with Crippen molar-refractivity contribution in [3.05, 3.63) is 63.7 Å². The van der Waals surface area contributed by atoms with Gasteiger partial charge in [0.1, 0.15) is 5.69 Å². The van der Waals surface area contributed by atoms with E-state index in [1.54, 1.807) is 0 Å². The molecule has 0 unspecified atom stereocenters. The van der Waals surface area contributed by atoms with Gasteiger partial charge in [-0.3, -0.25) is 4.79 Å². The normalized spacial score (nSPS) is 15.0. The third-order valence-corrected chi connectivity index (χ3v) is 5.39. The number of carbonyl (C=O) groups is 1. The molecule has 4 rings (SSSR count). The van der Waals surface area contributed by atoms with Crippen LogP contribution < -0.4 is 4.90 Å². The van der Waals surface area contributed by atoms with Crippen molar-refractivity contribution in [2.24, 2.45) is 0 Å². The molecule has 1 saturated heterocycles. The van der Waals surface area contributed by atoms with Crippen LogP contribution in [-0.2, 0) is 0 Å². The molecule has 3 aromatic rings. The maximum Gasteiger partial charge on any atom is 0.270 e. The predicted molar refractivity (Wildman–Crippen MR) is 106 cm³/mol. The third kappa shape index (κ3) is 3.26. The summed E-state index contributed by atoms with van der Waals surface area (Å²) in [5, 5.41) is 1.80. The Morgan fingerprint density at radius 2 is 1.80 bits per heavy atom. The van der Waals surface area contributed by atoms with Crippen LogP contribution in [0.5, 0.6) is 0 Å². The summed E-state index contributed by atoms with van der Waals surface area (Å²) in [6.45, 7) is 2.93. The van der Waals surface area contributed by atoms with Crippen molar-refractivity contribution in [2.75, 3.05) is 31.1 Å². The van der Waals surface area contributed by atoms with Gasteiger partial charge in [0, 0.05) is 41.6 Å². The van der Waals surface area contributed by atoms with E-state index in [4.69, 9.17) is 11.6 Å². The Kier molecular flexibility index (Phi) is 4.44. The zero-order chi connectivity index (χ0) is 17.4. The van der Waals surface area contributed by atoms with Crippen LogP contribution in [0.2, 0.25) is 5.02 Å². The number of para-hydroxylation sites is 1. The van der Waals surface area contributed by atoms with Gasteiger partial charge < -0.3 is 14.8 Å². The van der Waals surface area contributed by atoms with E-state index in [9.17, 15) is 4.79 Å². The van der Waals surface area contributed by atoms with Gasteiger partial charge in [0.25, 0.3) is 5.91 Å². The number of benzene rings is 2. The predicted octanol–water partition coefficient (Wildman–Crippen LogP) is 4.55. The van der Waals surface area contributed by atoms with Crippen molar-refractivity contribution in [1.82, 2.24) is 9.88 Å². The molecule has 2 heterocycles. The first-order chi connectivity index (χ1) is 12.1. The molecule has 1 N–H and O–H groups in total. The molecule has 6 heteroatoms. The number of hydrogen-bond acceptors (Lipinski definition) is 2. The van der Waals surface area contributed by atoms with E-state index in [0.717, 1.165) is 39.2 Å². The van der Waals surface area contributed by atoms with E-state index in [0.29, 0.717) is 18.8 Å². The highest BCUT2D eigenvalue weighted by atomic mass is 79.9. The van der Waals surface area contributed by atoms with Crippen LogP contribution >= 0.6 is 27.5 Å². The number of piperazine rings is 1. The van der Waals surface area contributed by atoms with Crippen LogP contribution in [0.3, 0.4) is 0 Å². The maximum absolute atomic E-state index is 12.8. The quantitative estimate of drug-likeness (QED) is 0.663. The second-order valence-electron chi connectivity index (χ2n) is 6.15. The highest BCUT2D eigenvalue weighted by Crippen LogP contribution is 2.26. The fraction of sp³-hybridized carbons (Fsp3) is 0.211. The topological polar surface area (TPSA) is 39.3 Å². The molecule has 0 radical (unpaired) electrons. The van der Waals surface area contributed by atoms with Crippen molar-refractivity contribution < 1.29 is 4.79 Å². The summed E-state index contributed by atoms with van der Waals surface area (Å²) in [5.41, 5.74) is 2.64. The first-order valence-corrected chi connectivity index (χ1v) is 9.36. The molecule has 1 fully saturated rings. The lowest BCUT2D eigenvalue weighted by molar-refractivity contribution is 0.0742. The van der Waals surface area contributed by atoms with Gasteiger partial charge in [0.2, 0.25) is 0 Å². The summed E-state index contributed by atoms with van der Waals surface area (Å²) in [6.07, 6.45) is 0. The number of rotatable bonds is 2. The number of amides is 1. The fourth-order valence-corrected chi connectivity index (χ4v) is 3.86. The maximum atomic E-state index is 12.8. The van der Waals surface area contributed by atoms with Crippen LogP contribution in [0.15, 0.2) is 53.0 Å². The SMILES string of the molecule is O=C(c1cc2ccc(Br)cc2[nH]1)N1CCN(c2ccccc2Cl)CC1. The molecule has 0 spiro atoms. The van der Waals surface area contributed by atoms with E-state index >= 15 is 0 Å². The summed E-state index contributed by atoms with van der Waals surface area (Å²) in [5.74, 6) is 0.0473. The standard InChI is InChI=1S/C19H17BrClN3O/c20-14-6-5-13-11-17(22-16(13)12-14)19(25)24-9-7-23(8-10-24)18-4-2-1-3-15(18)21/h1-6,11-12,22H,7-10H2. The van der Waals surface area contributed by atoms with Crippen molar-refractivity contribution >= 4 is 50.0 Å². The molecule has 4 nitrogen and oxygen atoms in total. The number of aromatic amines is 1. The monoisotopic (exact) mass is 417 g/mol. The first kappa shape index (κ1) is 16.5. The number of anilines is 1. The number of fused-ring (bicyclic) bond motifs is 1. The zero-order valence-corrected chi connectivity index (χ0v) is 15.8. The van der Waals surface area contributed by atoms with Crippen LogP contribution in [-0.4, -0.2) is 42.0 Å². The van der Waals surface area contributed by atoms with Crippen molar-refractivity contribution in [3.63, 3.8) is 0 Å². The highest BCUT2D eigenvalue weighted by molar-refractivity contribution is 9.10. The van der Waals surface area contributed by atoms with Crippen LogP contribution in [0.4, 0.5) is 5.69 Å². The van der Waals surface area contributed by atoms with Crippen molar-refractivity contribution in [3.8, 4) is 0 Å². The third-order valence-electron chi connectivity index (χ3n) is 4.57. The zero-order valence-electron chi connectivity index (χ0n) is 13.5. The largest absolute Gasteiger partial charge is 0.367 e. The minimum atomic E-state index is 0.0473. The van der Waals surface area contributed by atoms with Gasteiger partial charge in [0.05, 0.1) is 10.7 Å². The molecule has 25 heavy (non-hydrogen) atoms. The van der Waals surface area contributed by atoms with Crippen LogP contribution in [0.1, 0.15) is 10.5 Å². The van der Waals surface area contributed by atoms with E-state index in [1.165, 1.54) is 0 Å². The molecule has 1 amide bonds. The Labute approximate surface area is 159 Å². The number of nitrogens with one attached hydrogen (secondary N) is 1.